The van der Waals surface area contributed by atoms with E-state index in [4.69, 9.17) is 0 Å². The number of carbonyl (C=O) groups is 2. The van der Waals surface area contributed by atoms with Crippen molar-refractivity contribution < 1.29 is 14.3 Å². The highest BCUT2D eigenvalue weighted by atomic mass is 16.5. The molecule has 0 atom stereocenters. The maximum absolute atomic E-state index is 12.1. The van der Waals surface area contributed by atoms with E-state index in [0.717, 1.165) is 11.3 Å². The molecule has 0 fully saturated rings. The van der Waals surface area contributed by atoms with Crippen molar-refractivity contribution in [2.45, 2.75) is 6.42 Å². The summed E-state index contributed by atoms with van der Waals surface area (Å²) in [6, 6.07) is 20.0. The van der Waals surface area contributed by atoms with Crippen LogP contribution >= 0.6 is 0 Å². The van der Waals surface area contributed by atoms with Gasteiger partial charge in [0.1, 0.15) is 5.82 Å². The maximum atomic E-state index is 12.1. The van der Waals surface area contributed by atoms with E-state index in [-0.39, 0.29) is 11.9 Å². The molecule has 3 rings (SSSR count). The van der Waals surface area contributed by atoms with Crippen LogP contribution in [0.15, 0.2) is 72.9 Å². The number of methoxy groups -OCH3 is 1. The summed E-state index contributed by atoms with van der Waals surface area (Å²) in [7, 11) is 1.35. The molecular formula is C21H19N3O3. The van der Waals surface area contributed by atoms with Crippen LogP contribution in [0, 0.1) is 0 Å². The Kier molecular flexibility index (Phi) is 5.79. The molecule has 1 amide bonds. The number of carbonyl (C=O) groups excluding carboxylic acids is 2. The highest BCUT2D eigenvalue weighted by Crippen LogP contribution is 2.17. The minimum atomic E-state index is -0.379. The fraction of sp³-hybridized carbons (Fsp3) is 0.0952. The lowest BCUT2D eigenvalue weighted by atomic mass is 10.1. The van der Waals surface area contributed by atoms with E-state index >= 15 is 0 Å². The van der Waals surface area contributed by atoms with Gasteiger partial charge in [0, 0.05) is 5.69 Å². The molecule has 0 spiro atoms. The van der Waals surface area contributed by atoms with Crippen molar-refractivity contribution >= 4 is 29.1 Å². The first-order chi connectivity index (χ1) is 13.1. The van der Waals surface area contributed by atoms with Gasteiger partial charge in [0.05, 0.1) is 31.0 Å². The number of nitrogens with zero attached hydrogens (tertiary/aromatic N) is 1. The fourth-order valence-corrected chi connectivity index (χ4v) is 2.48. The number of pyridine rings is 1. The van der Waals surface area contributed by atoms with Crippen molar-refractivity contribution in [2.75, 3.05) is 17.7 Å². The quantitative estimate of drug-likeness (QED) is 0.653. The summed E-state index contributed by atoms with van der Waals surface area (Å²) < 4.78 is 4.67. The first-order valence-electron chi connectivity index (χ1n) is 8.39. The molecule has 0 saturated heterocycles. The fourth-order valence-electron chi connectivity index (χ4n) is 2.48. The number of ether oxygens (including phenoxy) is 1. The molecule has 136 valence electrons. The Morgan fingerprint density at radius 3 is 2.26 bits per heavy atom. The van der Waals surface area contributed by atoms with E-state index < -0.39 is 0 Å². The zero-order chi connectivity index (χ0) is 19.1. The second kappa shape index (κ2) is 8.62. The van der Waals surface area contributed by atoms with Crippen LogP contribution in [0.3, 0.4) is 0 Å². The molecule has 0 bridgehead atoms. The van der Waals surface area contributed by atoms with Gasteiger partial charge in [-0.1, -0.05) is 30.3 Å². The molecule has 0 aliphatic rings. The van der Waals surface area contributed by atoms with Gasteiger partial charge in [0.15, 0.2) is 0 Å². The SMILES string of the molecule is COC(=O)c1ccc(Nc2ccc(NC(=O)Cc3ccccc3)cn2)cc1. The lowest BCUT2D eigenvalue weighted by molar-refractivity contribution is -0.115. The van der Waals surface area contributed by atoms with Crippen LogP contribution in [0.25, 0.3) is 0 Å². The maximum Gasteiger partial charge on any atom is 0.337 e. The van der Waals surface area contributed by atoms with Gasteiger partial charge in [-0.15, -0.1) is 0 Å². The highest BCUT2D eigenvalue weighted by Gasteiger charge is 2.06. The Labute approximate surface area is 157 Å². The van der Waals surface area contributed by atoms with E-state index in [1.165, 1.54) is 7.11 Å². The van der Waals surface area contributed by atoms with Gasteiger partial charge in [-0.3, -0.25) is 4.79 Å². The summed E-state index contributed by atoms with van der Waals surface area (Å²) in [4.78, 5) is 27.8. The lowest BCUT2D eigenvalue weighted by Gasteiger charge is -2.08. The standard InChI is InChI=1S/C21H19N3O3/c1-27-21(26)16-7-9-17(10-8-16)23-19-12-11-18(14-22-19)24-20(25)13-15-5-3-2-4-6-15/h2-12,14H,13H2,1H3,(H,22,23)(H,24,25). The predicted molar refractivity (Wildman–Crippen MR) is 104 cm³/mol. The van der Waals surface area contributed by atoms with Gasteiger partial charge in [0.2, 0.25) is 5.91 Å². The van der Waals surface area contributed by atoms with E-state index in [2.05, 4.69) is 20.4 Å². The molecule has 27 heavy (non-hydrogen) atoms. The summed E-state index contributed by atoms with van der Waals surface area (Å²) >= 11 is 0. The van der Waals surface area contributed by atoms with E-state index in [0.29, 0.717) is 23.5 Å². The second-order valence-corrected chi connectivity index (χ2v) is 5.84. The minimum Gasteiger partial charge on any atom is -0.465 e. The Balaban J connectivity index is 1.57. The average Bonchev–Trinajstić information content (AvgIpc) is 2.70. The monoisotopic (exact) mass is 361 g/mol. The average molecular weight is 361 g/mol. The van der Waals surface area contributed by atoms with Gasteiger partial charge in [-0.2, -0.15) is 0 Å². The van der Waals surface area contributed by atoms with Gasteiger partial charge in [-0.05, 0) is 42.0 Å². The van der Waals surface area contributed by atoms with Gasteiger partial charge >= 0.3 is 5.97 Å². The molecule has 6 heteroatoms. The number of amides is 1. The molecule has 2 N–H and O–H groups in total. The number of benzene rings is 2. The normalized spacial score (nSPS) is 10.1. The molecule has 0 radical (unpaired) electrons. The zero-order valence-corrected chi connectivity index (χ0v) is 14.8. The van der Waals surface area contributed by atoms with E-state index in [9.17, 15) is 9.59 Å². The van der Waals surface area contributed by atoms with Crippen LogP contribution in [0.5, 0.6) is 0 Å². The first-order valence-corrected chi connectivity index (χ1v) is 8.39. The highest BCUT2D eigenvalue weighted by molar-refractivity contribution is 5.92. The van der Waals surface area contributed by atoms with Crippen LogP contribution in [0.4, 0.5) is 17.2 Å². The number of hydrogen-bond acceptors (Lipinski definition) is 5. The molecule has 0 aliphatic carbocycles. The van der Waals surface area contributed by atoms with Crippen LogP contribution in [0.1, 0.15) is 15.9 Å². The van der Waals surface area contributed by atoms with Crippen molar-refractivity contribution in [2.24, 2.45) is 0 Å². The van der Waals surface area contributed by atoms with Crippen molar-refractivity contribution in [1.82, 2.24) is 4.98 Å². The molecule has 3 aromatic rings. The summed E-state index contributed by atoms with van der Waals surface area (Å²) in [5.41, 5.74) is 2.85. The Morgan fingerprint density at radius 2 is 1.63 bits per heavy atom. The smallest absolute Gasteiger partial charge is 0.337 e. The summed E-state index contributed by atoms with van der Waals surface area (Å²) in [6.07, 6.45) is 1.90. The van der Waals surface area contributed by atoms with Crippen LogP contribution in [-0.2, 0) is 16.0 Å². The number of nitrogens with one attached hydrogen (secondary N) is 2. The third-order valence-corrected chi connectivity index (χ3v) is 3.83. The van der Waals surface area contributed by atoms with Crippen LogP contribution in [0.2, 0.25) is 0 Å². The molecule has 0 unspecified atom stereocenters. The van der Waals surface area contributed by atoms with E-state index in [1.807, 2.05) is 30.3 Å². The van der Waals surface area contributed by atoms with Gasteiger partial charge in [0.25, 0.3) is 0 Å². The number of aromatic nitrogens is 1. The number of anilines is 3. The largest absolute Gasteiger partial charge is 0.465 e. The topological polar surface area (TPSA) is 80.3 Å². The summed E-state index contributed by atoms with van der Waals surface area (Å²) in [5, 5.41) is 5.96. The number of rotatable bonds is 6. The molecule has 0 saturated carbocycles. The van der Waals surface area contributed by atoms with Crippen LogP contribution in [-0.4, -0.2) is 24.0 Å². The minimum absolute atomic E-state index is 0.0953. The zero-order valence-electron chi connectivity index (χ0n) is 14.8. The number of hydrogen-bond donors (Lipinski definition) is 2. The lowest BCUT2D eigenvalue weighted by Crippen LogP contribution is -2.14. The molecular weight excluding hydrogens is 342 g/mol. The van der Waals surface area contributed by atoms with Gasteiger partial charge in [-0.25, -0.2) is 9.78 Å². The predicted octanol–water partition coefficient (Wildman–Crippen LogP) is 3.79. The molecule has 1 aromatic heterocycles. The van der Waals surface area contributed by atoms with Crippen molar-refractivity contribution in [3.05, 3.63) is 84.1 Å². The first kappa shape index (κ1) is 18.1. The van der Waals surface area contributed by atoms with Crippen LogP contribution < -0.4 is 10.6 Å². The number of esters is 1. The molecule has 2 aromatic carbocycles. The van der Waals surface area contributed by atoms with Crippen molar-refractivity contribution in [3.8, 4) is 0 Å². The Bertz CT molecular complexity index is 908. The third-order valence-electron chi connectivity index (χ3n) is 3.83. The molecule has 0 aliphatic heterocycles. The van der Waals surface area contributed by atoms with Gasteiger partial charge < -0.3 is 15.4 Å². The molecule has 1 heterocycles. The summed E-state index contributed by atoms with van der Waals surface area (Å²) in [5.74, 6) is 0.152. The molecule has 6 nitrogen and oxygen atoms in total. The second-order valence-electron chi connectivity index (χ2n) is 5.84. The third kappa shape index (κ3) is 5.15. The van der Waals surface area contributed by atoms with E-state index in [1.54, 1.807) is 42.6 Å². The Morgan fingerprint density at radius 1 is 0.926 bits per heavy atom. The van der Waals surface area contributed by atoms with Crippen molar-refractivity contribution in [1.29, 1.82) is 0 Å². The Hall–Kier alpha value is -3.67. The summed E-state index contributed by atoms with van der Waals surface area (Å²) in [6.45, 7) is 0. The van der Waals surface area contributed by atoms with Crippen molar-refractivity contribution in [3.63, 3.8) is 0 Å².